The van der Waals surface area contributed by atoms with E-state index in [1.807, 2.05) is 36.7 Å². The number of nitrogens with zero attached hydrogens (tertiary/aromatic N) is 3. The van der Waals surface area contributed by atoms with Crippen molar-refractivity contribution < 1.29 is 0 Å². The highest BCUT2D eigenvalue weighted by atomic mass is 35.5. The summed E-state index contributed by atoms with van der Waals surface area (Å²) in [6.45, 7) is 2.65. The molecular formula is C22H24ClN5. The average molecular weight is 394 g/mol. The number of anilines is 1. The highest BCUT2D eigenvalue weighted by molar-refractivity contribution is 6.31. The van der Waals surface area contributed by atoms with E-state index in [9.17, 15) is 0 Å². The van der Waals surface area contributed by atoms with Gasteiger partial charge in [-0.1, -0.05) is 35.9 Å². The predicted octanol–water partition coefficient (Wildman–Crippen LogP) is 3.85. The normalized spacial score (nSPS) is 15.9. The van der Waals surface area contributed by atoms with Gasteiger partial charge >= 0.3 is 0 Å². The van der Waals surface area contributed by atoms with Crippen LogP contribution in [0.25, 0.3) is 0 Å². The zero-order valence-corrected chi connectivity index (χ0v) is 16.5. The summed E-state index contributed by atoms with van der Waals surface area (Å²) < 4.78 is 0. The Morgan fingerprint density at radius 2 is 1.89 bits per heavy atom. The number of hydrogen-bond acceptors (Lipinski definition) is 5. The van der Waals surface area contributed by atoms with Gasteiger partial charge in [-0.3, -0.25) is 4.98 Å². The molecule has 2 aromatic heterocycles. The lowest BCUT2D eigenvalue weighted by Crippen LogP contribution is -2.41. The molecule has 28 heavy (non-hydrogen) atoms. The Hall–Kier alpha value is -2.50. The van der Waals surface area contributed by atoms with Gasteiger partial charge in [0, 0.05) is 35.6 Å². The molecule has 1 fully saturated rings. The minimum atomic E-state index is -0.188. The molecule has 144 valence electrons. The predicted molar refractivity (Wildman–Crippen MR) is 113 cm³/mol. The molecule has 3 heterocycles. The molecule has 2 N–H and O–H groups in total. The van der Waals surface area contributed by atoms with Crippen molar-refractivity contribution >= 4 is 17.5 Å². The van der Waals surface area contributed by atoms with Crippen LogP contribution in [0, 0.1) is 0 Å². The van der Waals surface area contributed by atoms with Gasteiger partial charge in [-0.2, -0.15) is 0 Å². The first-order chi connectivity index (χ1) is 13.8. The molecule has 0 unspecified atom stereocenters. The van der Waals surface area contributed by atoms with Gasteiger partial charge in [-0.15, -0.1) is 0 Å². The highest BCUT2D eigenvalue weighted by Gasteiger charge is 2.38. The van der Waals surface area contributed by atoms with Crippen LogP contribution in [0.3, 0.4) is 0 Å². The summed E-state index contributed by atoms with van der Waals surface area (Å²) in [5.41, 5.74) is 3.18. The molecule has 0 saturated carbocycles. The fourth-order valence-corrected chi connectivity index (χ4v) is 4.26. The van der Waals surface area contributed by atoms with Gasteiger partial charge in [0.05, 0.1) is 5.69 Å². The van der Waals surface area contributed by atoms with E-state index in [-0.39, 0.29) is 5.41 Å². The zero-order chi connectivity index (χ0) is 19.2. The Balaban J connectivity index is 1.58. The maximum Gasteiger partial charge on any atom is 0.222 e. The van der Waals surface area contributed by atoms with E-state index < -0.39 is 0 Å². The van der Waals surface area contributed by atoms with Crippen LogP contribution in [0.4, 0.5) is 5.95 Å². The fraction of sp³-hybridized carbons (Fsp3) is 0.318. The van der Waals surface area contributed by atoms with Crippen LogP contribution < -0.4 is 10.6 Å². The van der Waals surface area contributed by atoms with Gasteiger partial charge in [-0.05, 0) is 61.7 Å². The molecule has 0 spiro atoms. The summed E-state index contributed by atoms with van der Waals surface area (Å²) in [4.78, 5) is 13.5. The van der Waals surface area contributed by atoms with Gasteiger partial charge in [-0.25, -0.2) is 9.97 Å². The summed E-state index contributed by atoms with van der Waals surface area (Å²) in [7, 11) is 0. The van der Waals surface area contributed by atoms with Crippen molar-refractivity contribution in [3.05, 3.63) is 82.9 Å². The zero-order valence-electron chi connectivity index (χ0n) is 15.7. The number of nitrogens with one attached hydrogen (secondary N) is 2. The Morgan fingerprint density at radius 3 is 2.68 bits per heavy atom. The number of pyridine rings is 1. The SMILES string of the molecule is Clc1ccccc1C1(c2ccnc(NCCc3cccnc3)n2)CCNCC1. The van der Waals surface area contributed by atoms with Gasteiger partial charge in [0.25, 0.3) is 0 Å². The number of benzene rings is 1. The van der Waals surface area contributed by atoms with Crippen LogP contribution in [0.2, 0.25) is 5.02 Å². The molecule has 0 radical (unpaired) electrons. The minimum absolute atomic E-state index is 0.188. The standard InChI is InChI=1S/C22H24ClN5/c23-19-6-2-1-5-18(19)22(9-14-24-15-10-22)20-8-13-27-21(28-20)26-12-7-17-4-3-11-25-16-17/h1-6,8,11,13,16,24H,7,9-10,12,14-15H2,(H,26,27,28). The van der Waals surface area contributed by atoms with Gasteiger partial charge in [0.15, 0.2) is 0 Å². The van der Waals surface area contributed by atoms with E-state index in [0.717, 1.165) is 55.2 Å². The second kappa shape index (κ2) is 8.67. The van der Waals surface area contributed by atoms with Crippen LogP contribution in [0.5, 0.6) is 0 Å². The van der Waals surface area contributed by atoms with E-state index in [0.29, 0.717) is 5.95 Å². The Kier molecular flexibility index (Phi) is 5.84. The van der Waals surface area contributed by atoms with E-state index >= 15 is 0 Å². The number of aromatic nitrogens is 3. The number of piperidine rings is 1. The van der Waals surface area contributed by atoms with Gasteiger partial charge in [0.2, 0.25) is 5.95 Å². The summed E-state index contributed by atoms with van der Waals surface area (Å²) in [6, 6.07) is 14.2. The van der Waals surface area contributed by atoms with Crippen molar-refractivity contribution in [1.82, 2.24) is 20.3 Å². The summed E-state index contributed by atoms with van der Waals surface area (Å²) in [6.07, 6.45) is 8.32. The largest absolute Gasteiger partial charge is 0.354 e. The van der Waals surface area contributed by atoms with E-state index in [2.05, 4.69) is 38.8 Å². The Labute approximate surface area is 170 Å². The third-order valence-electron chi connectivity index (χ3n) is 5.41. The van der Waals surface area contributed by atoms with Crippen molar-refractivity contribution in [2.45, 2.75) is 24.7 Å². The molecule has 4 rings (SSSR count). The fourth-order valence-electron chi connectivity index (χ4n) is 3.94. The quantitative estimate of drug-likeness (QED) is 0.666. The first-order valence-electron chi connectivity index (χ1n) is 9.70. The van der Waals surface area contributed by atoms with Crippen LogP contribution >= 0.6 is 11.6 Å². The molecule has 1 aromatic carbocycles. The van der Waals surface area contributed by atoms with Crippen molar-refractivity contribution in [3.8, 4) is 0 Å². The molecule has 5 nitrogen and oxygen atoms in total. The second-order valence-corrected chi connectivity index (χ2v) is 7.52. The first kappa shape index (κ1) is 18.8. The maximum absolute atomic E-state index is 6.60. The average Bonchev–Trinajstić information content (AvgIpc) is 2.76. The lowest BCUT2D eigenvalue weighted by molar-refractivity contribution is 0.354. The monoisotopic (exact) mass is 393 g/mol. The van der Waals surface area contributed by atoms with Crippen LogP contribution in [-0.4, -0.2) is 34.6 Å². The third kappa shape index (κ3) is 4.01. The van der Waals surface area contributed by atoms with E-state index in [4.69, 9.17) is 16.6 Å². The van der Waals surface area contributed by atoms with Crippen molar-refractivity contribution in [3.63, 3.8) is 0 Å². The lowest BCUT2D eigenvalue weighted by Gasteiger charge is -2.38. The number of rotatable bonds is 6. The Bertz CT molecular complexity index is 910. The van der Waals surface area contributed by atoms with Crippen molar-refractivity contribution in [2.24, 2.45) is 0 Å². The first-order valence-corrected chi connectivity index (χ1v) is 10.1. The molecule has 0 bridgehead atoms. The Morgan fingerprint density at radius 1 is 1.04 bits per heavy atom. The van der Waals surface area contributed by atoms with Crippen molar-refractivity contribution in [1.29, 1.82) is 0 Å². The summed E-state index contributed by atoms with van der Waals surface area (Å²) >= 11 is 6.60. The smallest absolute Gasteiger partial charge is 0.222 e. The number of hydrogen-bond donors (Lipinski definition) is 2. The van der Waals surface area contributed by atoms with E-state index in [1.54, 1.807) is 6.20 Å². The lowest BCUT2D eigenvalue weighted by atomic mass is 9.70. The van der Waals surface area contributed by atoms with Crippen LogP contribution in [0.1, 0.15) is 29.7 Å². The third-order valence-corrected chi connectivity index (χ3v) is 5.74. The molecule has 1 aliphatic rings. The molecule has 1 saturated heterocycles. The molecule has 0 aliphatic carbocycles. The van der Waals surface area contributed by atoms with Crippen molar-refractivity contribution in [2.75, 3.05) is 25.0 Å². The summed E-state index contributed by atoms with van der Waals surface area (Å²) in [5, 5.41) is 7.61. The van der Waals surface area contributed by atoms with Crippen LogP contribution in [0.15, 0.2) is 61.1 Å². The second-order valence-electron chi connectivity index (χ2n) is 7.12. The van der Waals surface area contributed by atoms with E-state index in [1.165, 1.54) is 5.56 Å². The molecule has 0 atom stereocenters. The summed E-state index contributed by atoms with van der Waals surface area (Å²) in [5.74, 6) is 0.659. The molecule has 3 aromatic rings. The molecule has 0 amide bonds. The van der Waals surface area contributed by atoms with Gasteiger partial charge in [0.1, 0.15) is 0 Å². The molecule has 6 heteroatoms. The topological polar surface area (TPSA) is 62.7 Å². The minimum Gasteiger partial charge on any atom is -0.354 e. The maximum atomic E-state index is 6.60. The molecular weight excluding hydrogens is 370 g/mol. The van der Waals surface area contributed by atoms with Crippen LogP contribution in [-0.2, 0) is 11.8 Å². The van der Waals surface area contributed by atoms with Gasteiger partial charge < -0.3 is 10.6 Å². The number of halogens is 1. The highest BCUT2D eigenvalue weighted by Crippen LogP contribution is 2.42. The molecule has 1 aliphatic heterocycles.